The molecule has 0 saturated carbocycles. The van der Waals surface area contributed by atoms with Crippen molar-refractivity contribution in [3.63, 3.8) is 0 Å². The SMILES string of the molecule is O=C(O)[C@H](O)[C@@H](O)[C@H](O)[C@](O)(CO)C(=O)O. The van der Waals surface area contributed by atoms with Gasteiger partial charge in [-0.25, -0.2) is 9.59 Å². The Bertz CT molecular complexity index is 277. The maximum absolute atomic E-state index is 10.5. The molecular formula is C7H12O9. The zero-order chi connectivity index (χ0) is 13.1. The van der Waals surface area contributed by atoms with Gasteiger partial charge in [-0.2, -0.15) is 0 Å². The van der Waals surface area contributed by atoms with E-state index in [2.05, 4.69) is 0 Å². The van der Waals surface area contributed by atoms with Crippen LogP contribution in [-0.2, 0) is 9.59 Å². The van der Waals surface area contributed by atoms with Gasteiger partial charge in [-0.05, 0) is 0 Å². The number of hydrogen-bond donors (Lipinski definition) is 7. The second kappa shape index (κ2) is 5.18. The average Bonchev–Trinajstić information content (AvgIpc) is 2.24. The lowest BCUT2D eigenvalue weighted by Crippen LogP contribution is -2.60. The smallest absolute Gasteiger partial charge is 0.341 e. The summed E-state index contributed by atoms with van der Waals surface area (Å²) in [5.41, 5.74) is -3.16. The maximum Gasteiger partial charge on any atom is 0.341 e. The molecule has 16 heavy (non-hydrogen) atoms. The van der Waals surface area contributed by atoms with Gasteiger partial charge in [-0.3, -0.25) is 0 Å². The molecular weight excluding hydrogens is 228 g/mol. The first-order chi connectivity index (χ1) is 7.18. The standard InChI is InChI=1S/C7H12O9/c8-1-7(16,6(14)15)4(11)2(9)3(10)5(12)13/h2-4,8-11,16H,1H2,(H,12,13)(H,14,15)/t2-,3-,4+,7-/m1/s1. The Morgan fingerprint density at radius 3 is 1.81 bits per heavy atom. The third-order valence-corrected chi connectivity index (χ3v) is 2.00. The van der Waals surface area contributed by atoms with Crippen LogP contribution in [0.4, 0.5) is 0 Å². The second-order valence-electron chi connectivity index (χ2n) is 3.11. The molecule has 0 radical (unpaired) electrons. The Hall–Kier alpha value is -1.26. The van der Waals surface area contributed by atoms with E-state index in [1.165, 1.54) is 0 Å². The third kappa shape index (κ3) is 2.65. The first kappa shape index (κ1) is 14.7. The summed E-state index contributed by atoms with van der Waals surface area (Å²) in [6.45, 7) is -1.47. The molecule has 0 saturated heterocycles. The van der Waals surface area contributed by atoms with Crippen LogP contribution in [0.3, 0.4) is 0 Å². The fourth-order valence-electron chi connectivity index (χ4n) is 0.889. The molecule has 0 aliphatic heterocycles. The summed E-state index contributed by atoms with van der Waals surface area (Å²) in [6, 6.07) is 0. The molecule has 0 aliphatic rings. The van der Waals surface area contributed by atoms with Crippen molar-refractivity contribution in [2.75, 3.05) is 6.61 Å². The van der Waals surface area contributed by atoms with Crippen LogP contribution in [0.25, 0.3) is 0 Å². The molecule has 0 aromatic carbocycles. The van der Waals surface area contributed by atoms with Crippen molar-refractivity contribution in [3.05, 3.63) is 0 Å². The Labute approximate surface area is 88.8 Å². The lowest BCUT2D eigenvalue weighted by molar-refractivity contribution is -0.200. The van der Waals surface area contributed by atoms with Gasteiger partial charge in [0.1, 0.15) is 12.2 Å². The quantitative estimate of drug-likeness (QED) is 0.243. The molecule has 0 amide bonds. The van der Waals surface area contributed by atoms with Crippen molar-refractivity contribution < 1.29 is 45.3 Å². The molecule has 94 valence electrons. The van der Waals surface area contributed by atoms with E-state index in [-0.39, 0.29) is 0 Å². The van der Waals surface area contributed by atoms with Crippen molar-refractivity contribution in [2.24, 2.45) is 0 Å². The summed E-state index contributed by atoms with van der Waals surface area (Å²) in [7, 11) is 0. The number of carboxylic acids is 2. The Morgan fingerprint density at radius 2 is 1.56 bits per heavy atom. The molecule has 0 spiro atoms. The summed E-state index contributed by atoms with van der Waals surface area (Å²) in [4.78, 5) is 20.7. The molecule has 0 fully saturated rings. The van der Waals surface area contributed by atoms with Crippen molar-refractivity contribution in [2.45, 2.75) is 23.9 Å². The van der Waals surface area contributed by atoms with Gasteiger partial charge in [0.15, 0.2) is 6.10 Å². The fraction of sp³-hybridized carbons (Fsp3) is 0.714. The summed E-state index contributed by atoms with van der Waals surface area (Å²) in [5.74, 6) is -3.99. The van der Waals surface area contributed by atoms with Crippen LogP contribution in [-0.4, -0.2) is 78.2 Å². The highest BCUT2D eigenvalue weighted by Crippen LogP contribution is 2.16. The monoisotopic (exact) mass is 240 g/mol. The molecule has 0 unspecified atom stereocenters. The highest BCUT2D eigenvalue weighted by Gasteiger charge is 2.49. The largest absolute Gasteiger partial charge is 0.479 e. The number of aliphatic hydroxyl groups is 5. The lowest BCUT2D eigenvalue weighted by Gasteiger charge is -2.30. The molecule has 0 heterocycles. The van der Waals surface area contributed by atoms with Crippen LogP contribution < -0.4 is 0 Å². The van der Waals surface area contributed by atoms with E-state index in [9.17, 15) is 14.7 Å². The van der Waals surface area contributed by atoms with Crippen molar-refractivity contribution in [1.29, 1.82) is 0 Å². The van der Waals surface area contributed by atoms with Crippen LogP contribution in [0.1, 0.15) is 0 Å². The molecule has 4 atom stereocenters. The van der Waals surface area contributed by atoms with Gasteiger partial charge in [0, 0.05) is 0 Å². The van der Waals surface area contributed by atoms with Gasteiger partial charge in [0.2, 0.25) is 5.60 Å². The number of carbonyl (C=O) groups is 2. The summed E-state index contributed by atoms with van der Waals surface area (Å²) >= 11 is 0. The first-order valence-corrected chi connectivity index (χ1v) is 4.02. The minimum Gasteiger partial charge on any atom is -0.479 e. The highest BCUT2D eigenvalue weighted by molar-refractivity contribution is 5.79. The molecule has 0 bridgehead atoms. The average molecular weight is 240 g/mol. The Balaban J connectivity index is 4.96. The minimum atomic E-state index is -3.16. The summed E-state index contributed by atoms with van der Waals surface area (Å²) in [6.07, 6.45) is -7.53. The summed E-state index contributed by atoms with van der Waals surface area (Å²) in [5, 5.41) is 61.5. The highest BCUT2D eigenvalue weighted by atomic mass is 16.5. The third-order valence-electron chi connectivity index (χ3n) is 2.00. The Morgan fingerprint density at radius 1 is 1.12 bits per heavy atom. The number of hydrogen-bond acceptors (Lipinski definition) is 7. The van der Waals surface area contributed by atoms with Gasteiger partial charge >= 0.3 is 11.9 Å². The van der Waals surface area contributed by atoms with Gasteiger partial charge in [-0.1, -0.05) is 0 Å². The summed E-state index contributed by atoms with van der Waals surface area (Å²) < 4.78 is 0. The predicted octanol–water partition coefficient (Wildman–Crippen LogP) is -4.04. The van der Waals surface area contributed by atoms with E-state index in [1.54, 1.807) is 0 Å². The first-order valence-electron chi connectivity index (χ1n) is 4.02. The van der Waals surface area contributed by atoms with E-state index >= 15 is 0 Å². The van der Waals surface area contributed by atoms with Crippen LogP contribution in [0, 0.1) is 0 Å². The second-order valence-corrected chi connectivity index (χ2v) is 3.11. The van der Waals surface area contributed by atoms with Crippen LogP contribution in [0.15, 0.2) is 0 Å². The van der Waals surface area contributed by atoms with Gasteiger partial charge < -0.3 is 35.7 Å². The van der Waals surface area contributed by atoms with Gasteiger partial charge in [-0.15, -0.1) is 0 Å². The number of aliphatic carboxylic acids is 2. The zero-order valence-electron chi connectivity index (χ0n) is 7.89. The van der Waals surface area contributed by atoms with Gasteiger partial charge in [0.05, 0.1) is 6.61 Å². The molecule has 9 nitrogen and oxygen atoms in total. The lowest BCUT2D eigenvalue weighted by atomic mass is 9.91. The van der Waals surface area contributed by atoms with Crippen LogP contribution >= 0.6 is 0 Å². The van der Waals surface area contributed by atoms with Crippen LogP contribution in [0.5, 0.6) is 0 Å². The van der Waals surface area contributed by atoms with Gasteiger partial charge in [0.25, 0.3) is 0 Å². The fourth-order valence-corrected chi connectivity index (χ4v) is 0.889. The number of rotatable bonds is 6. The number of carboxylic acid groups (broad SMARTS) is 2. The van der Waals surface area contributed by atoms with E-state index in [1.807, 2.05) is 0 Å². The molecule has 9 heteroatoms. The van der Waals surface area contributed by atoms with E-state index < -0.39 is 42.5 Å². The number of aliphatic hydroxyl groups excluding tert-OH is 4. The zero-order valence-corrected chi connectivity index (χ0v) is 7.89. The topological polar surface area (TPSA) is 176 Å². The molecule has 0 aliphatic carbocycles. The van der Waals surface area contributed by atoms with Crippen molar-refractivity contribution in [1.82, 2.24) is 0 Å². The normalized spacial score (nSPS) is 20.6. The molecule has 0 aromatic heterocycles. The van der Waals surface area contributed by atoms with E-state index in [4.69, 9.17) is 30.6 Å². The Kier molecular flexibility index (Phi) is 4.78. The predicted molar refractivity (Wildman–Crippen MR) is 45.3 cm³/mol. The van der Waals surface area contributed by atoms with E-state index in [0.717, 1.165) is 0 Å². The molecule has 0 aromatic rings. The maximum atomic E-state index is 10.5. The van der Waals surface area contributed by atoms with E-state index in [0.29, 0.717) is 0 Å². The molecule has 0 rings (SSSR count). The molecule has 7 N–H and O–H groups in total. The minimum absolute atomic E-state index is 1.47. The van der Waals surface area contributed by atoms with Crippen LogP contribution in [0.2, 0.25) is 0 Å². The van der Waals surface area contributed by atoms with Crippen molar-refractivity contribution in [3.8, 4) is 0 Å². The van der Waals surface area contributed by atoms with Crippen molar-refractivity contribution >= 4 is 11.9 Å².